The molecule has 3 aliphatic rings. The van der Waals surface area contributed by atoms with Gasteiger partial charge in [0.1, 0.15) is 18.4 Å². The number of aromatic nitrogens is 1. The Kier molecular flexibility index (Phi) is 12.5. The van der Waals surface area contributed by atoms with Crippen LogP contribution in [-0.2, 0) is 25.6 Å². The van der Waals surface area contributed by atoms with Gasteiger partial charge >= 0.3 is 29.9 Å². The number of aromatic carboxylic acids is 1. The molecule has 1 aromatic carbocycles. The van der Waals surface area contributed by atoms with Crippen molar-refractivity contribution in [2.75, 3.05) is 26.3 Å². The Bertz CT molecular complexity index is 1540. The molecule has 3 heterocycles. The largest absolute Gasteiger partial charge is 0.477 e. The zero-order valence-electron chi connectivity index (χ0n) is 27.0. The third kappa shape index (κ3) is 9.27. The molecule has 1 aliphatic carbocycles. The number of nitrogens with zero attached hydrogens (tertiary/aromatic N) is 2. The van der Waals surface area contributed by atoms with Crippen molar-refractivity contribution in [2.45, 2.75) is 88.3 Å². The molecule has 1 amide bonds. The second kappa shape index (κ2) is 16.0. The van der Waals surface area contributed by atoms with Crippen LogP contribution in [0.3, 0.4) is 0 Å². The summed E-state index contributed by atoms with van der Waals surface area (Å²) >= 11 is 0. The number of rotatable bonds is 9. The molecule has 3 atom stereocenters. The van der Waals surface area contributed by atoms with Gasteiger partial charge in [0.25, 0.3) is 0 Å². The van der Waals surface area contributed by atoms with Crippen LogP contribution in [0.2, 0.25) is 0 Å². The number of hydrogen-bond donors (Lipinski definition) is 3. The number of fused-ring (bicyclic) bond motifs is 1. The molecule has 2 aliphatic heterocycles. The Morgan fingerprint density at radius 1 is 0.860 bits per heavy atom. The number of likely N-dealkylation sites (tertiary alicyclic amines) is 2. The Morgan fingerprint density at radius 2 is 1.46 bits per heavy atom. The predicted molar refractivity (Wildman–Crippen MR) is 165 cm³/mol. The minimum atomic E-state index is -5.77. The highest BCUT2D eigenvalue weighted by Gasteiger charge is 2.54. The van der Waals surface area contributed by atoms with E-state index in [1.54, 1.807) is 6.07 Å². The van der Waals surface area contributed by atoms with Crippen molar-refractivity contribution in [3.05, 3.63) is 35.5 Å². The predicted octanol–water partition coefficient (Wildman–Crippen LogP) is 4.79. The summed E-state index contributed by atoms with van der Waals surface area (Å²) in [5, 5.41) is 10.0. The number of nitrogens with two attached hydrogens (primary N) is 1. The molecule has 0 spiro atoms. The smallest absolute Gasteiger partial charge is 0.458 e. The number of halogens is 7. The van der Waals surface area contributed by atoms with Crippen LogP contribution in [0.25, 0.3) is 10.9 Å². The number of carbonyl (C=O) groups is 5. The molecule has 10 nitrogen and oxygen atoms in total. The Hall–Kier alpha value is -3.86. The second-order valence-electron chi connectivity index (χ2n) is 13.1. The summed E-state index contributed by atoms with van der Waals surface area (Å²) in [6.45, 7) is 1.96. The maximum atomic E-state index is 13.9. The maximum absolute atomic E-state index is 13.9. The normalized spacial score (nSPS) is 24.0. The fourth-order valence-corrected chi connectivity index (χ4v) is 7.17. The van der Waals surface area contributed by atoms with Crippen LogP contribution in [0.4, 0.5) is 30.7 Å². The molecule has 0 bridgehead atoms. The number of benzene rings is 1. The molecule has 5 rings (SSSR count). The number of ketones is 3. The van der Waals surface area contributed by atoms with Gasteiger partial charge in [-0.3, -0.25) is 24.1 Å². The van der Waals surface area contributed by atoms with Gasteiger partial charge in [-0.1, -0.05) is 12.5 Å². The minimum Gasteiger partial charge on any atom is -0.477 e. The van der Waals surface area contributed by atoms with Crippen LogP contribution >= 0.6 is 0 Å². The lowest BCUT2D eigenvalue weighted by atomic mass is 9.78. The van der Waals surface area contributed by atoms with Crippen molar-refractivity contribution in [1.29, 1.82) is 0 Å². The van der Waals surface area contributed by atoms with Crippen LogP contribution in [0, 0.1) is 11.8 Å². The van der Waals surface area contributed by atoms with Crippen LogP contribution in [-0.4, -0.2) is 106 Å². The molecule has 2 aromatic rings. The van der Waals surface area contributed by atoms with Crippen LogP contribution in [0.5, 0.6) is 0 Å². The van der Waals surface area contributed by atoms with Gasteiger partial charge in [-0.15, -0.1) is 0 Å². The van der Waals surface area contributed by atoms with Gasteiger partial charge in [-0.2, -0.15) is 26.3 Å². The van der Waals surface area contributed by atoms with E-state index in [4.69, 9.17) is 5.73 Å². The number of alkyl halides is 7. The van der Waals surface area contributed by atoms with E-state index < -0.39 is 48.6 Å². The lowest BCUT2D eigenvalue weighted by Gasteiger charge is -2.38. The highest BCUT2D eigenvalue weighted by molar-refractivity contribution is 6.41. The van der Waals surface area contributed by atoms with E-state index in [-0.39, 0.29) is 41.7 Å². The summed E-state index contributed by atoms with van der Waals surface area (Å²) in [7, 11) is 0. The zero-order valence-corrected chi connectivity index (χ0v) is 27.0. The van der Waals surface area contributed by atoms with E-state index >= 15 is 0 Å². The number of amides is 1. The average molecular weight is 721 g/mol. The maximum Gasteiger partial charge on any atom is 0.458 e. The lowest BCUT2D eigenvalue weighted by molar-refractivity contribution is -0.193. The standard InChI is InChI=1S/C29H39FN4O4.C4F6O2/c30-17-22(31)19-5-7-20(8-6-19)28(36)34-13-10-25(33-11-2-1-3-12-33)27(34)26(35)15-18-4-9-23-21(14-18)16-24(32-23)29(37)38;5-3(6,7)1(11)2(12)4(8,9)10/h4,9,14,16,19-20,22,25,27,32H,1-3,5-8,10-13,15,17,31H2,(H,37,38);/t19?,20?,22-,25-,27+;/m1./s1. The number of piperidine rings is 1. The molecule has 17 heteroatoms. The number of carboxylic acid groups (broad SMARTS) is 1. The minimum absolute atomic E-state index is 0.0256. The van der Waals surface area contributed by atoms with Crippen LogP contribution in [0.1, 0.15) is 67.4 Å². The molecule has 3 fully saturated rings. The van der Waals surface area contributed by atoms with Crippen LogP contribution in [0.15, 0.2) is 24.3 Å². The van der Waals surface area contributed by atoms with Crippen molar-refractivity contribution in [3.8, 4) is 0 Å². The van der Waals surface area contributed by atoms with Gasteiger partial charge in [0.15, 0.2) is 5.78 Å². The average Bonchev–Trinajstić information content (AvgIpc) is 3.72. The number of carbonyl (C=O) groups excluding carboxylic acids is 4. The number of H-pyrrole nitrogens is 1. The summed E-state index contributed by atoms with van der Waals surface area (Å²) in [5.74, 6) is -7.77. The topological polar surface area (TPSA) is 154 Å². The third-order valence-electron chi connectivity index (χ3n) is 9.76. The molecule has 0 unspecified atom stereocenters. The fourth-order valence-electron chi connectivity index (χ4n) is 7.17. The van der Waals surface area contributed by atoms with Crippen molar-refractivity contribution in [1.82, 2.24) is 14.8 Å². The summed E-state index contributed by atoms with van der Waals surface area (Å²) in [5.41, 5.74) is 7.57. The van der Waals surface area contributed by atoms with E-state index in [1.165, 1.54) is 6.42 Å². The van der Waals surface area contributed by atoms with E-state index in [9.17, 15) is 59.8 Å². The lowest BCUT2D eigenvalue weighted by Crippen LogP contribution is -2.54. The van der Waals surface area contributed by atoms with Gasteiger partial charge in [0.05, 0.1) is 0 Å². The van der Waals surface area contributed by atoms with E-state index in [0.717, 1.165) is 56.1 Å². The number of nitrogens with one attached hydrogen (secondary N) is 1. The summed E-state index contributed by atoms with van der Waals surface area (Å²) in [6, 6.07) is 6.20. The third-order valence-corrected chi connectivity index (χ3v) is 9.76. The van der Waals surface area contributed by atoms with Gasteiger partial charge in [0.2, 0.25) is 5.91 Å². The van der Waals surface area contributed by atoms with Crippen molar-refractivity contribution >= 4 is 40.1 Å². The van der Waals surface area contributed by atoms with Gasteiger partial charge < -0.3 is 20.7 Å². The zero-order chi connectivity index (χ0) is 37.0. The van der Waals surface area contributed by atoms with E-state index in [1.807, 2.05) is 23.1 Å². The Balaban J connectivity index is 0.000000402. The molecular formula is C33H39F7N4O6. The first-order chi connectivity index (χ1) is 23.4. The second-order valence-corrected chi connectivity index (χ2v) is 13.1. The first-order valence-electron chi connectivity index (χ1n) is 16.4. The van der Waals surface area contributed by atoms with Crippen molar-refractivity contribution < 1.29 is 59.8 Å². The summed E-state index contributed by atoms with van der Waals surface area (Å²) < 4.78 is 80.0. The molecule has 1 saturated carbocycles. The van der Waals surface area contributed by atoms with Crippen molar-refractivity contribution in [3.63, 3.8) is 0 Å². The SMILES string of the molecule is N[C@H](CF)C1CCC(C(=O)N2CC[C@@H](N3CCCCC3)[C@H]2C(=O)Cc2ccc3[nH]c(C(=O)O)cc3c2)CC1.O=C(C(=O)C(F)(F)F)C(F)(F)F. The quantitative estimate of drug-likeness (QED) is 0.247. The van der Waals surface area contributed by atoms with Crippen LogP contribution < -0.4 is 5.73 Å². The fraction of sp³-hybridized carbons (Fsp3) is 0.606. The number of aromatic amines is 1. The molecule has 50 heavy (non-hydrogen) atoms. The highest BCUT2D eigenvalue weighted by atomic mass is 19.4. The van der Waals surface area contributed by atoms with E-state index in [2.05, 4.69) is 9.88 Å². The van der Waals surface area contributed by atoms with E-state index in [0.29, 0.717) is 24.9 Å². The summed E-state index contributed by atoms with van der Waals surface area (Å²) in [4.78, 5) is 65.4. The number of hydrogen-bond acceptors (Lipinski definition) is 7. The van der Waals surface area contributed by atoms with Gasteiger partial charge in [-0.25, -0.2) is 9.18 Å². The van der Waals surface area contributed by atoms with Crippen molar-refractivity contribution in [2.24, 2.45) is 17.6 Å². The molecule has 1 aromatic heterocycles. The molecule has 2 saturated heterocycles. The Labute approximate surface area is 282 Å². The number of carboxylic acids is 1. The molecule has 4 N–H and O–H groups in total. The first kappa shape index (κ1) is 38.9. The molecular weight excluding hydrogens is 681 g/mol. The number of Topliss-reactive ketones (excluding diaryl/α,β-unsaturated/α-hetero) is 3. The molecule has 0 radical (unpaired) electrons. The first-order valence-corrected chi connectivity index (χ1v) is 16.4. The Morgan fingerprint density at radius 3 is 2.00 bits per heavy atom. The van der Waals surface area contributed by atoms with Gasteiger partial charge in [0, 0.05) is 41.9 Å². The van der Waals surface area contributed by atoms with Gasteiger partial charge in [-0.05, 0) is 87.7 Å². The molecule has 276 valence electrons. The highest BCUT2D eigenvalue weighted by Crippen LogP contribution is 2.35. The monoisotopic (exact) mass is 720 g/mol. The summed E-state index contributed by atoms with van der Waals surface area (Å²) in [6.07, 6.45) is -4.25.